The fourth-order valence-electron chi connectivity index (χ4n) is 5.49. The lowest BCUT2D eigenvalue weighted by Crippen LogP contribution is -2.60. The number of amides is 5. The molecule has 0 aromatic heterocycles. The van der Waals surface area contributed by atoms with Crippen molar-refractivity contribution < 1.29 is 37.1 Å². The Hall–Kier alpha value is -2.57. The number of hydrogen-bond donors (Lipinski definition) is 3. The second kappa shape index (κ2) is 12.3. The largest absolute Gasteiger partial charge is 0.356 e. The van der Waals surface area contributed by atoms with Gasteiger partial charge in [-0.2, -0.15) is 8.78 Å². The molecule has 0 radical (unpaired) electrons. The highest BCUT2D eigenvalue weighted by molar-refractivity contribution is 6.29. The molecule has 2 saturated heterocycles. The van der Waals surface area contributed by atoms with E-state index in [0.717, 1.165) is 12.8 Å². The van der Waals surface area contributed by atoms with Crippen molar-refractivity contribution in [3.8, 4) is 0 Å². The van der Waals surface area contributed by atoms with Crippen LogP contribution in [0.4, 0.5) is 13.2 Å². The van der Waals surface area contributed by atoms with E-state index in [2.05, 4.69) is 16.1 Å². The Morgan fingerprint density at radius 2 is 1.89 bits per heavy atom. The third-order valence-electron chi connectivity index (χ3n) is 7.68. The predicted octanol–water partition coefficient (Wildman–Crippen LogP) is 0.940. The first kappa shape index (κ1) is 29.0. The average molecular weight is 552 g/mol. The maximum absolute atomic E-state index is 13.7. The zero-order chi connectivity index (χ0) is 27.4. The van der Waals surface area contributed by atoms with E-state index in [1.165, 1.54) is 4.90 Å². The van der Waals surface area contributed by atoms with E-state index in [1.54, 1.807) is 13.8 Å². The molecular weight excluding hydrogens is 519 g/mol. The van der Waals surface area contributed by atoms with Crippen molar-refractivity contribution in [3.05, 3.63) is 0 Å². The van der Waals surface area contributed by atoms with Gasteiger partial charge in [0.15, 0.2) is 0 Å². The fourth-order valence-corrected chi connectivity index (χ4v) is 5.61. The number of rotatable bonds is 9. The second-order valence-electron chi connectivity index (χ2n) is 9.96. The van der Waals surface area contributed by atoms with Crippen molar-refractivity contribution in [1.82, 2.24) is 26.0 Å². The Morgan fingerprint density at radius 1 is 1.19 bits per heavy atom. The monoisotopic (exact) mass is 551 g/mol. The van der Waals surface area contributed by atoms with Gasteiger partial charge < -0.3 is 15.5 Å². The van der Waals surface area contributed by atoms with Crippen LogP contribution in [0.15, 0.2) is 0 Å². The molecule has 37 heavy (non-hydrogen) atoms. The highest BCUT2D eigenvalue weighted by Crippen LogP contribution is 2.42. The van der Waals surface area contributed by atoms with Crippen LogP contribution < -0.4 is 16.1 Å². The lowest BCUT2D eigenvalue weighted by molar-refractivity contribution is -0.150. The van der Waals surface area contributed by atoms with Crippen LogP contribution in [0.1, 0.15) is 46.0 Å². The molecule has 10 nitrogen and oxygen atoms in total. The molecule has 7 atom stereocenters. The van der Waals surface area contributed by atoms with Gasteiger partial charge in [-0.25, -0.2) is 9.40 Å². The van der Waals surface area contributed by atoms with Gasteiger partial charge >= 0.3 is 6.43 Å². The van der Waals surface area contributed by atoms with Gasteiger partial charge in [-0.15, -0.1) is 0 Å². The van der Waals surface area contributed by atoms with E-state index < -0.39 is 59.6 Å². The molecule has 0 bridgehead atoms. The highest BCUT2D eigenvalue weighted by atomic mass is 35.5. The Bertz CT molecular complexity index is 910. The molecule has 0 unspecified atom stereocenters. The first-order valence-corrected chi connectivity index (χ1v) is 13.0. The molecule has 1 aliphatic carbocycles. The maximum Gasteiger partial charge on any atom is 0.315 e. The minimum atomic E-state index is -3.31. The summed E-state index contributed by atoms with van der Waals surface area (Å²) in [6.45, 7) is 3.62. The highest BCUT2D eigenvalue weighted by Gasteiger charge is 2.51. The minimum Gasteiger partial charge on any atom is -0.356 e. The SMILES string of the molecule is CC[C@H](C)[C@H](NC(=O)C(F)F)C(=O)N1C[C@@H]2CCC[C@@H]2[C@H]1C(=O)NN(C[C@@H]1CCNC1=O)C(=O)[C@@H](F)Cl. The van der Waals surface area contributed by atoms with Crippen LogP contribution in [0.3, 0.4) is 0 Å². The fraction of sp³-hybridized carbons (Fsp3) is 0.783. The van der Waals surface area contributed by atoms with E-state index in [4.69, 9.17) is 11.6 Å². The minimum absolute atomic E-state index is 0.0326. The van der Waals surface area contributed by atoms with Crippen LogP contribution in [0.5, 0.6) is 0 Å². The quantitative estimate of drug-likeness (QED) is 0.290. The molecule has 0 spiro atoms. The smallest absolute Gasteiger partial charge is 0.315 e. The molecule has 3 fully saturated rings. The van der Waals surface area contributed by atoms with E-state index in [0.29, 0.717) is 30.8 Å². The second-order valence-corrected chi connectivity index (χ2v) is 10.3. The summed E-state index contributed by atoms with van der Waals surface area (Å²) in [5.74, 6) is -6.11. The van der Waals surface area contributed by atoms with Crippen LogP contribution >= 0.6 is 11.6 Å². The predicted molar refractivity (Wildman–Crippen MR) is 125 cm³/mol. The van der Waals surface area contributed by atoms with Gasteiger partial charge in [0.05, 0.1) is 12.5 Å². The first-order chi connectivity index (χ1) is 17.5. The van der Waals surface area contributed by atoms with E-state index in [9.17, 15) is 37.1 Å². The Kier molecular flexibility index (Phi) is 9.65. The number of alkyl halides is 4. The summed E-state index contributed by atoms with van der Waals surface area (Å²) in [4.78, 5) is 64.5. The van der Waals surface area contributed by atoms with Gasteiger partial charge in [-0.1, -0.05) is 38.3 Å². The van der Waals surface area contributed by atoms with Gasteiger partial charge in [0, 0.05) is 13.1 Å². The molecule has 3 rings (SSSR count). The summed E-state index contributed by atoms with van der Waals surface area (Å²) in [5.41, 5.74) is -0.103. The summed E-state index contributed by atoms with van der Waals surface area (Å²) in [6, 6.07) is -2.35. The zero-order valence-electron chi connectivity index (χ0n) is 20.7. The number of carbonyl (C=O) groups is 5. The van der Waals surface area contributed by atoms with E-state index >= 15 is 0 Å². The standard InChI is InChI=1S/C23H33ClF3N5O5/c1-3-11(2)15(29-21(35)18(26)27)22(36)31-9-12-5-4-6-14(12)16(31)20(34)30-32(23(37)17(24)25)10-13-7-8-28-19(13)33/h11-18H,3-10H2,1-2H3,(H,28,33)(H,29,35)(H,30,34)/t11-,12-,13-,14-,15-,16-,17+/m0/s1. The zero-order valence-corrected chi connectivity index (χ0v) is 21.5. The number of halogens is 4. The van der Waals surface area contributed by atoms with Crippen LogP contribution in [0, 0.1) is 23.7 Å². The van der Waals surface area contributed by atoms with Crippen molar-refractivity contribution in [2.45, 2.75) is 70.1 Å². The lowest BCUT2D eigenvalue weighted by Gasteiger charge is -2.34. The Labute approximate surface area is 217 Å². The van der Waals surface area contributed by atoms with Gasteiger partial charge in [-0.3, -0.25) is 29.4 Å². The van der Waals surface area contributed by atoms with Crippen LogP contribution in [-0.2, 0) is 24.0 Å². The van der Waals surface area contributed by atoms with Crippen LogP contribution in [0.25, 0.3) is 0 Å². The summed E-state index contributed by atoms with van der Waals surface area (Å²) in [7, 11) is 0. The molecular formula is C23H33ClF3N5O5. The molecule has 0 aromatic carbocycles. The molecule has 3 aliphatic rings. The van der Waals surface area contributed by atoms with Gasteiger partial charge in [0.2, 0.25) is 11.8 Å². The van der Waals surface area contributed by atoms with Crippen molar-refractivity contribution in [2.75, 3.05) is 19.6 Å². The van der Waals surface area contributed by atoms with Crippen molar-refractivity contribution in [3.63, 3.8) is 0 Å². The van der Waals surface area contributed by atoms with Gasteiger partial charge in [-0.05, 0) is 37.0 Å². The molecule has 0 aromatic rings. The normalized spacial score (nSPS) is 27.3. The number of fused-ring (bicyclic) bond motifs is 1. The molecule has 2 heterocycles. The molecule has 208 valence electrons. The maximum atomic E-state index is 13.7. The Morgan fingerprint density at radius 3 is 2.46 bits per heavy atom. The third-order valence-corrected chi connectivity index (χ3v) is 7.87. The Balaban J connectivity index is 1.84. The lowest BCUT2D eigenvalue weighted by atomic mass is 9.93. The van der Waals surface area contributed by atoms with E-state index in [-0.39, 0.29) is 30.8 Å². The van der Waals surface area contributed by atoms with E-state index in [1.807, 2.05) is 0 Å². The first-order valence-electron chi connectivity index (χ1n) is 12.5. The van der Waals surface area contributed by atoms with Crippen molar-refractivity contribution in [2.24, 2.45) is 23.7 Å². The molecule has 14 heteroatoms. The molecule has 2 aliphatic heterocycles. The summed E-state index contributed by atoms with van der Waals surface area (Å²) < 4.78 is 39.7. The number of nitrogens with zero attached hydrogens (tertiary/aromatic N) is 2. The number of likely N-dealkylation sites (tertiary alicyclic amines) is 1. The third kappa shape index (κ3) is 6.47. The average Bonchev–Trinajstić information content (AvgIpc) is 3.56. The number of carbonyl (C=O) groups excluding carboxylic acids is 5. The van der Waals surface area contributed by atoms with Gasteiger partial charge in [0.25, 0.3) is 23.4 Å². The summed E-state index contributed by atoms with van der Waals surface area (Å²) in [5, 5.41) is 5.38. The molecule has 3 N–H and O–H groups in total. The van der Waals surface area contributed by atoms with Crippen molar-refractivity contribution >= 4 is 41.1 Å². The number of hydrazine groups is 1. The summed E-state index contributed by atoms with van der Waals surface area (Å²) >= 11 is 5.35. The number of hydrogen-bond acceptors (Lipinski definition) is 5. The van der Waals surface area contributed by atoms with Crippen LogP contribution in [-0.4, -0.2) is 83.2 Å². The molecule has 1 saturated carbocycles. The molecule has 5 amide bonds. The van der Waals surface area contributed by atoms with Crippen LogP contribution in [0.2, 0.25) is 0 Å². The number of nitrogens with one attached hydrogen (secondary N) is 3. The van der Waals surface area contributed by atoms with Gasteiger partial charge in [0.1, 0.15) is 12.1 Å². The topological polar surface area (TPSA) is 128 Å². The summed E-state index contributed by atoms with van der Waals surface area (Å²) in [6.07, 6.45) is -0.364. The van der Waals surface area contributed by atoms with Crippen molar-refractivity contribution in [1.29, 1.82) is 0 Å².